The predicted molar refractivity (Wildman–Crippen MR) is 76.4 cm³/mol. The van der Waals surface area contributed by atoms with Gasteiger partial charge in [0.15, 0.2) is 0 Å². The third-order valence-corrected chi connectivity index (χ3v) is 6.23. The lowest BCUT2D eigenvalue weighted by Crippen LogP contribution is -2.55. The Morgan fingerprint density at radius 2 is 1.53 bits per heavy atom. The fourth-order valence-electron chi connectivity index (χ4n) is 2.80. The van der Waals surface area contributed by atoms with Crippen LogP contribution in [0.5, 0.6) is 0 Å². The lowest BCUT2D eigenvalue weighted by Gasteiger charge is -2.41. The zero-order chi connectivity index (χ0) is 15.4. The molecule has 0 aromatic carbocycles. The molecule has 0 aliphatic rings. The number of nitrogens with one attached hydrogen (secondary N) is 1. The van der Waals surface area contributed by atoms with Crippen LogP contribution in [0, 0.1) is 17.8 Å². The smallest absolute Gasteiger partial charge is 0.318 e. The van der Waals surface area contributed by atoms with Crippen LogP contribution >= 0.6 is 0 Å². The number of sulfonamides is 1. The van der Waals surface area contributed by atoms with Gasteiger partial charge in [-0.3, -0.25) is 4.79 Å². The van der Waals surface area contributed by atoms with Crippen molar-refractivity contribution in [1.29, 1.82) is 0 Å². The van der Waals surface area contributed by atoms with E-state index in [1.807, 2.05) is 41.5 Å². The normalized spacial score (nSPS) is 13.5. The van der Waals surface area contributed by atoms with Crippen molar-refractivity contribution in [1.82, 2.24) is 4.72 Å². The van der Waals surface area contributed by atoms with Gasteiger partial charge in [0, 0.05) is 0 Å². The van der Waals surface area contributed by atoms with Gasteiger partial charge in [0.2, 0.25) is 10.0 Å². The molecule has 0 amide bonds. The lowest BCUT2D eigenvalue weighted by molar-refractivity contribution is -0.135. The molecule has 0 aromatic heterocycles. The summed E-state index contributed by atoms with van der Waals surface area (Å²) in [4.78, 5) is 10.6. The van der Waals surface area contributed by atoms with Gasteiger partial charge in [-0.25, -0.2) is 13.1 Å². The molecule has 5 nitrogen and oxygen atoms in total. The second-order valence-electron chi connectivity index (χ2n) is 6.08. The minimum absolute atomic E-state index is 0.0961. The molecule has 6 heteroatoms. The summed E-state index contributed by atoms with van der Waals surface area (Å²) in [5, 5.41) is 8.67. The van der Waals surface area contributed by atoms with E-state index in [0.717, 1.165) is 0 Å². The molecule has 0 saturated carbocycles. The van der Waals surface area contributed by atoms with Crippen molar-refractivity contribution in [2.75, 3.05) is 6.54 Å². The Morgan fingerprint density at radius 3 is 1.79 bits per heavy atom. The highest BCUT2D eigenvalue weighted by atomic mass is 32.2. The lowest BCUT2D eigenvalue weighted by atomic mass is 9.78. The van der Waals surface area contributed by atoms with Gasteiger partial charge in [-0.05, 0) is 24.2 Å². The minimum Gasteiger partial charge on any atom is -0.480 e. The first-order valence-electron chi connectivity index (χ1n) is 6.68. The maximum atomic E-state index is 12.6. The van der Waals surface area contributed by atoms with Crippen molar-refractivity contribution in [2.45, 2.75) is 52.7 Å². The second-order valence-corrected chi connectivity index (χ2v) is 8.14. The van der Waals surface area contributed by atoms with Gasteiger partial charge in [-0.1, -0.05) is 41.5 Å². The molecular weight excluding hydrogens is 266 g/mol. The Balaban J connectivity index is 5.61. The summed E-state index contributed by atoms with van der Waals surface area (Å²) in [5.74, 6) is -1.15. The van der Waals surface area contributed by atoms with Crippen LogP contribution in [-0.4, -0.2) is 30.8 Å². The molecule has 0 bridgehead atoms. The Morgan fingerprint density at radius 1 is 1.11 bits per heavy atom. The van der Waals surface area contributed by atoms with Crippen molar-refractivity contribution in [3.8, 4) is 0 Å². The molecule has 0 rings (SSSR count). The molecule has 0 spiro atoms. The van der Waals surface area contributed by atoms with E-state index in [1.165, 1.54) is 0 Å². The highest BCUT2D eigenvalue weighted by Gasteiger charge is 2.49. The Bertz CT molecular complexity index is 391. The number of rotatable bonds is 8. The summed E-state index contributed by atoms with van der Waals surface area (Å²) >= 11 is 0. The molecule has 0 unspecified atom stereocenters. The summed E-state index contributed by atoms with van der Waals surface area (Å²) in [6.45, 7) is 10.9. The average molecular weight is 293 g/mol. The van der Waals surface area contributed by atoms with E-state index in [0.29, 0.717) is 6.42 Å². The molecule has 19 heavy (non-hydrogen) atoms. The summed E-state index contributed by atoms with van der Waals surface area (Å²) in [7, 11) is -3.70. The Labute approximate surface area is 116 Å². The molecule has 0 heterocycles. The summed E-state index contributed by atoms with van der Waals surface area (Å²) < 4.78 is 26.5. The maximum absolute atomic E-state index is 12.6. The molecule has 0 aromatic rings. The van der Waals surface area contributed by atoms with Crippen molar-refractivity contribution >= 4 is 16.0 Å². The summed E-state index contributed by atoms with van der Waals surface area (Å²) in [6.07, 6.45) is 0.511. The van der Waals surface area contributed by atoms with E-state index >= 15 is 0 Å². The van der Waals surface area contributed by atoms with Crippen LogP contribution in [0.1, 0.15) is 48.0 Å². The highest BCUT2D eigenvalue weighted by Crippen LogP contribution is 2.39. The van der Waals surface area contributed by atoms with Crippen molar-refractivity contribution in [3.05, 3.63) is 0 Å². The van der Waals surface area contributed by atoms with Crippen LogP contribution in [0.15, 0.2) is 0 Å². The molecule has 2 N–H and O–H groups in total. The molecule has 114 valence electrons. The number of aliphatic carboxylic acids is 1. The third kappa shape index (κ3) is 4.18. The Hall–Kier alpha value is -0.620. The van der Waals surface area contributed by atoms with Crippen molar-refractivity contribution in [3.63, 3.8) is 0 Å². The minimum atomic E-state index is -3.70. The zero-order valence-corrected chi connectivity index (χ0v) is 13.5. The maximum Gasteiger partial charge on any atom is 0.318 e. The number of carboxylic acid groups (broad SMARTS) is 1. The van der Waals surface area contributed by atoms with Crippen LogP contribution in [0.2, 0.25) is 0 Å². The fourth-order valence-corrected chi connectivity index (χ4v) is 5.17. The van der Waals surface area contributed by atoms with E-state index in [1.54, 1.807) is 0 Å². The van der Waals surface area contributed by atoms with Crippen molar-refractivity contribution in [2.24, 2.45) is 17.8 Å². The van der Waals surface area contributed by atoms with Crippen LogP contribution in [0.3, 0.4) is 0 Å². The van der Waals surface area contributed by atoms with Crippen LogP contribution in [0.25, 0.3) is 0 Å². The molecule has 0 radical (unpaired) electrons. The zero-order valence-electron chi connectivity index (χ0n) is 12.7. The standard InChI is InChI=1S/C13H27NO4S/c1-9(2)7-13(10(3)4,11(5)6)19(17,18)14-8-12(15)16/h9-11,14H,7-8H2,1-6H3,(H,15,16). The van der Waals surface area contributed by atoms with Crippen LogP contribution in [0.4, 0.5) is 0 Å². The van der Waals surface area contributed by atoms with Gasteiger partial charge in [0.25, 0.3) is 0 Å². The van der Waals surface area contributed by atoms with Gasteiger partial charge < -0.3 is 5.11 Å². The summed E-state index contributed by atoms with van der Waals surface area (Å²) in [5.41, 5.74) is 0. The van der Waals surface area contributed by atoms with E-state index in [4.69, 9.17) is 5.11 Å². The number of carboxylic acids is 1. The Kier molecular flexibility index (Phi) is 6.48. The van der Waals surface area contributed by atoms with Gasteiger partial charge in [-0.15, -0.1) is 0 Å². The van der Waals surface area contributed by atoms with Crippen LogP contribution < -0.4 is 4.72 Å². The van der Waals surface area contributed by atoms with Gasteiger partial charge in [0.05, 0.1) is 4.75 Å². The summed E-state index contributed by atoms with van der Waals surface area (Å²) in [6, 6.07) is 0. The van der Waals surface area contributed by atoms with E-state index in [9.17, 15) is 13.2 Å². The molecule has 0 aliphatic heterocycles. The molecular formula is C13H27NO4S. The fraction of sp³-hybridized carbons (Fsp3) is 0.923. The van der Waals surface area contributed by atoms with Crippen molar-refractivity contribution < 1.29 is 18.3 Å². The number of hydrogen-bond donors (Lipinski definition) is 2. The molecule has 0 atom stereocenters. The largest absolute Gasteiger partial charge is 0.480 e. The van der Waals surface area contributed by atoms with Crippen LogP contribution in [-0.2, 0) is 14.8 Å². The molecule has 0 aliphatic carbocycles. The quantitative estimate of drug-likeness (QED) is 0.717. The first-order valence-corrected chi connectivity index (χ1v) is 8.16. The van der Waals surface area contributed by atoms with E-state index in [-0.39, 0.29) is 17.8 Å². The highest BCUT2D eigenvalue weighted by molar-refractivity contribution is 7.91. The molecule has 0 fully saturated rings. The van der Waals surface area contributed by atoms with Gasteiger partial charge in [-0.2, -0.15) is 0 Å². The second kappa shape index (κ2) is 6.70. The first kappa shape index (κ1) is 18.4. The van der Waals surface area contributed by atoms with Gasteiger partial charge >= 0.3 is 5.97 Å². The number of hydrogen-bond acceptors (Lipinski definition) is 3. The SMILES string of the molecule is CC(C)CC(C(C)C)(C(C)C)S(=O)(=O)NCC(=O)O. The number of carbonyl (C=O) groups is 1. The molecule has 0 saturated heterocycles. The van der Waals surface area contributed by atoms with E-state index < -0.39 is 27.3 Å². The predicted octanol–water partition coefficient (Wildman–Crippen LogP) is 2.09. The van der Waals surface area contributed by atoms with Gasteiger partial charge in [0.1, 0.15) is 6.54 Å². The first-order chi connectivity index (χ1) is 8.47. The van der Waals surface area contributed by atoms with E-state index in [2.05, 4.69) is 4.72 Å². The monoisotopic (exact) mass is 293 g/mol. The average Bonchev–Trinajstić information content (AvgIpc) is 2.21. The third-order valence-electron chi connectivity index (χ3n) is 3.60. The topological polar surface area (TPSA) is 83.5 Å².